The van der Waals surface area contributed by atoms with Crippen LogP contribution in [-0.2, 0) is 0 Å². The van der Waals surface area contributed by atoms with E-state index in [1.54, 1.807) is 6.07 Å². The highest BCUT2D eigenvalue weighted by Gasteiger charge is 2.00. The quantitative estimate of drug-likeness (QED) is 0.650. The molecule has 1 nitrogen and oxygen atoms in total. The Morgan fingerprint density at radius 1 is 1.38 bits per heavy atom. The molecule has 0 aliphatic carbocycles. The van der Waals surface area contributed by atoms with Gasteiger partial charge in [-0.25, -0.2) is 0 Å². The fourth-order valence-corrected chi connectivity index (χ4v) is 1.56. The molecular formula is C10H9BrOS. The second kappa shape index (κ2) is 5.25. The van der Waals surface area contributed by atoms with E-state index in [4.69, 9.17) is 0 Å². The molecule has 0 aliphatic rings. The lowest BCUT2D eigenvalue weighted by Crippen LogP contribution is -1.84. The van der Waals surface area contributed by atoms with Crippen molar-refractivity contribution in [3.8, 4) is 0 Å². The Morgan fingerprint density at radius 3 is 2.69 bits per heavy atom. The van der Waals surface area contributed by atoms with Crippen LogP contribution in [0.4, 0.5) is 0 Å². The average Bonchev–Trinajstić information content (AvgIpc) is 2.16. The van der Waals surface area contributed by atoms with Crippen LogP contribution in [0, 0.1) is 0 Å². The van der Waals surface area contributed by atoms with Crippen LogP contribution in [0.25, 0.3) is 6.08 Å². The van der Waals surface area contributed by atoms with Crippen molar-refractivity contribution in [3.63, 3.8) is 0 Å². The van der Waals surface area contributed by atoms with E-state index < -0.39 is 0 Å². The number of carbonyl (C=O) groups is 1. The number of thiol groups is 1. The smallest absolute Gasteiger partial charge is 0.151 e. The molecule has 68 valence electrons. The average molecular weight is 257 g/mol. The van der Waals surface area contributed by atoms with Crippen molar-refractivity contribution < 1.29 is 4.79 Å². The molecule has 1 rings (SSSR count). The molecule has 1 aromatic carbocycles. The minimum absolute atomic E-state index is 0.668. The first-order valence-corrected chi connectivity index (χ1v) is 5.23. The number of hydrogen-bond donors (Lipinski definition) is 1. The van der Waals surface area contributed by atoms with Gasteiger partial charge in [0.2, 0.25) is 0 Å². The molecule has 0 unspecified atom stereocenters. The normalized spacial score (nSPS) is 10.6. The van der Waals surface area contributed by atoms with Crippen molar-refractivity contribution in [2.75, 3.05) is 5.75 Å². The summed E-state index contributed by atoms with van der Waals surface area (Å²) in [7, 11) is 0. The molecule has 3 heteroatoms. The second-order valence-corrected chi connectivity index (χ2v) is 3.61. The molecule has 0 saturated heterocycles. The summed E-state index contributed by atoms with van der Waals surface area (Å²) < 4.78 is 0.836. The Kier molecular flexibility index (Phi) is 4.25. The van der Waals surface area contributed by atoms with Crippen molar-refractivity contribution in [2.45, 2.75) is 0 Å². The largest absolute Gasteiger partial charge is 0.298 e. The summed E-state index contributed by atoms with van der Waals surface area (Å²) in [6.45, 7) is 0. The Labute approximate surface area is 91.4 Å². The van der Waals surface area contributed by atoms with Gasteiger partial charge in [0, 0.05) is 15.8 Å². The Bertz CT molecular complexity index is 334. The molecule has 0 N–H and O–H groups in total. The zero-order chi connectivity index (χ0) is 9.68. The topological polar surface area (TPSA) is 17.1 Å². The van der Waals surface area contributed by atoms with E-state index in [9.17, 15) is 4.79 Å². The van der Waals surface area contributed by atoms with Crippen LogP contribution >= 0.6 is 28.6 Å². The van der Waals surface area contributed by atoms with Gasteiger partial charge in [-0.2, -0.15) is 12.6 Å². The third kappa shape index (κ3) is 2.71. The van der Waals surface area contributed by atoms with Gasteiger partial charge >= 0.3 is 0 Å². The number of benzene rings is 1. The van der Waals surface area contributed by atoms with Crippen LogP contribution < -0.4 is 0 Å². The number of carbonyl (C=O) groups excluding carboxylic acids is 1. The maximum atomic E-state index is 10.6. The third-order valence-electron chi connectivity index (χ3n) is 1.59. The van der Waals surface area contributed by atoms with E-state index in [2.05, 4.69) is 28.6 Å². The van der Waals surface area contributed by atoms with Crippen molar-refractivity contribution in [2.24, 2.45) is 0 Å². The van der Waals surface area contributed by atoms with E-state index in [0.29, 0.717) is 11.3 Å². The summed E-state index contributed by atoms with van der Waals surface area (Å²) in [5.41, 5.74) is 1.67. The summed E-state index contributed by atoms with van der Waals surface area (Å²) >= 11 is 7.43. The lowest BCUT2D eigenvalue weighted by atomic mass is 10.1. The van der Waals surface area contributed by atoms with Crippen LogP contribution in [0.5, 0.6) is 0 Å². The number of aldehydes is 1. The van der Waals surface area contributed by atoms with Crippen LogP contribution in [0.1, 0.15) is 15.9 Å². The number of halogens is 1. The highest BCUT2D eigenvalue weighted by Crippen LogP contribution is 2.21. The summed E-state index contributed by atoms with van der Waals surface area (Å²) in [6, 6.07) is 5.57. The molecule has 0 spiro atoms. The van der Waals surface area contributed by atoms with Crippen molar-refractivity contribution in [1.82, 2.24) is 0 Å². The van der Waals surface area contributed by atoms with Gasteiger partial charge in [0.25, 0.3) is 0 Å². The standard InChI is InChI=1S/C10H9BrOS/c11-10-8(5-2-6-13)3-1-4-9(10)7-12/h1-5,7,13H,6H2. The maximum absolute atomic E-state index is 10.6. The van der Waals surface area contributed by atoms with Gasteiger partial charge in [0.1, 0.15) is 0 Å². The highest BCUT2D eigenvalue weighted by molar-refractivity contribution is 9.10. The van der Waals surface area contributed by atoms with Crippen molar-refractivity contribution in [3.05, 3.63) is 39.9 Å². The molecule has 0 saturated carbocycles. The molecule has 0 fully saturated rings. The van der Waals surface area contributed by atoms with Gasteiger partial charge < -0.3 is 0 Å². The van der Waals surface area contributed by atoms with Gasteiger partial charge in [-0.05, 0) is 21.5 Å². The second-order valence-electron chi connectivity index (χ2n) is 2.45. The summed E-state index contributed by atoms with van der Waals surface area (Å²) in [5.74, 6) is 0.692. The van der Waals surface area contributed by atoms with E-state index in [1.807, 2.05) is 24.3 Å². The summed E-state index contributed by atoms with van der Waals surface area (Å²) in [4.78, 5) is 10.6. The molecule has 0 aliphatic heterocycles. The fourth-order valence-electron chi connectivity index (χ4n) is 0.968. The number of hydrogen-bond acceptors (Lipinski definition) is 2. The van der Waals surface area contributed by atoms with Gasteiger partial charge in [-0.15, -0.1) is 0 Å². The van der Waals surface area contributed by atoms with Gasteiger partial charge in [-0.1, -0.05) is 30.4 Å². The van der Waals surface area contributed by atoms with Crippen LogP contribution in [0.2, 0.25) is 0 Å². The lowest BCUT2D eigenvalue weighted by Gasteiger charge is -2.00. The molecule has 0 atom stereocenters. The molecule has 0 amide bonds. The van der Waals surface area contributed by atoms with Gasteiger partial charge in [0.15, 0.2) is 6.29 Å². The van der Waals surface area contributed by atoms with E-state index in [0.717, 1.165) is 16.3 Å². The SMILES string of the molecule is O=Cc1cccc(C=CCS)c1Br. The highest BCUT2D eigenvalue weighted by atomic mass is 79.9. The van der Waals surface area contributed by atoms with E-state index in [1.165, 1.54) is 0 Å². The minimum atomic E-state index is 0.668. The van der Waals surface area contributed by atoms with Crippen LogP contribution in [-0.4, -0.2) is 12.0 Å². The molecule has 13 heavy (non-hydrogen) atoms. The van der Waals surface area contributed by atoms with Gasteiger partial charge in [-0.3, -0.25) is 4.79 Å². The van der Waals surface area contributed by atoms with Crippen molar-refractivity contribution >= 4 is 40.9 Å². The minimum Gasteiger partial charge on any atom is -0.298 e. The zero-order valence-electron chi connectivity index (χ0n) is 6.90. The first-order valence-electron chi connectivity index (χ1n) is 3.80. The molecule has 0 radical (unpaired) electrons. The Morgan fingerprint density at radius 2 is 2.08 bits per heavy atom. The Hall–Kier alpha value is -0.540. The van der Waals surface area contributed by atoms with E-state index >= 15 is 0 Å². The van der Waals surface area contributed by atoms with Crippen molar-refractivity contribution in [1.29, 1.82) is 0 Å². The first-order chi connectivity index (χ1) is 6.29. The zero-order valence-corrected chi connectivity index (χ0v) is 9.39. The summed E-state index contributed by atoms with van der Waals surface area (Å²) in [5, 5.41) is 0. The lowest BCUT2D eigenvalue weighted by molar-refractivity contribution is 0.112. The summed E-state index contributed by atoms with van der Waals surface area (Å²) in [6.07, 6.45) is 4.70. The molecular weight excluding hydrogens is 248 g/mol. The molecule has 0 heterocycles. The molecule has 1 aromatic rings. The maximum Gasteiger partial charge on any atom is 0.151 e. The fraction of sp³-hybridized carbons (Fsp3) is 0.100. The molecule has 0 aromatic heterocycles. The predicted molar refractivity (Wildman–Crippen MR) is 62.4 cm³/mol. The predicted octanol–water partition coefficient (Wildman–Crippen LogP) is 3.20. The number of rotatable bonds is 3. The molecule has 0 bridgehead atoms. The van der Waals surface area contributed by atoms with Gasteiger partial charge in [0.05, 0.1) is 0 Å². The van der Waals surface area contributed by atoms with Crippen LogP contribution in [0.3, 0.4) is 0 Å². The monoisotopic (exact) mass is 256 g/mol. The Balaban J connectivity index is 3.08. The van der Waals surface area contributed by atoms with Crippen LogP contribution in [0.15, 0.2) is 28.7 Å². The van der Waals surface area contributed by atoms with E-state index in [-0.39, 0.29) is 0 Å². The third-order valence-corrected chi connectivity index (χ3v) is 2.71. The first kappa shape index (κ1) is 10.5.